The molecule has 0 fully saturated rings. The van der Waals surface area contributed by atoms with Crippen molar-refractivity contribution in [2.45, 2.75) is 19.1 Å². The minimum atomic E-state index is -4.31. The van der Waals surface area contributed by atoms with Crippen LogP contribution in [0.25, 0.3) is 10.6 Å². The molecule has 0 aliphatic carbocycles. The van der Waals surface area contributed by atoms with Gasteiger partial charge in [0.2, 0.25) is 0 Å². The number of rotatable bonds is 2. The van der Waals surface area contributed by atoms with Gasteiger partial charge in [0, 0.05) is 22.7 Å². The van der Waals surface area contributed by atoms with Crippen molar-refractivity contribution in [1.29, 1.82) is 0 Å². The summed E-state index contributed by atoms with van der Waals surface area (Å²) in [6.07, 6.45) is -2.65. The molecule has 2 rings (SSSR count). The average Bonchev–Trinajstić information content (AvgIpc) is 2.77. The predicted octanol–water partition coefficient (Wildman–Crippen LogP) is 3.85. The van der Waals surface area contributed by atoms with Crippen molar-refractivity contribution in [3.8, 4) is 10.6 Å². The lowest BCUT2D eigenvalue weighted by Crippen LogP contribution is -2.03. The van der Waals surface area contributed by atoms with Crippen LogP contribution in [0.5, 0.6) is 0 Å². The number of halogens is 3. The van der Waals surface area contributed by atoms with Crippen LogP contribution in [0.4, 0.5) is 13.2 Å². The summed E-state index contributed by atoms with van der Waals surface area (Å²) in [7, 11) is 0. The second kappa shape index (κ2) is 4.70. The Labute approximate surface area is 106 Å². The van der Waals surface area contributed by atoms with Gasteiger partial charge in [0.1, 0.15) is 5.01 Å². The molecule has 2 nitrogen and oxygen atoms in total. The van der Waals surface area contributed by atoms with Gasteiger partial charge in [-0.3, -0.25) is 0 Å². The van der Waals surface area contributed by atoms with Crippen LogP contribution in [0, 0.1) is 0 Å². The molecule has 0 saturated carbocycles. The quantitative estimate of drug-likeness (QED) is 0.901. The number of aromatic nitrogens is 1. The van der Waals surface area contributed by atoms with E-state index < -0.39 is 11.7 Å². The van der Waals surface area contributed by atoms with E-state index in [1.165, 1.54) is 23.5 Å². The average molecular weight is 272 g/mol. The number of nitrogens with two attached hydrogens (primary N) is 1. The summed E-state index contributed by atoms with van der Waals surface area (Å²) < 4.78 is 37.2. The van der Waals surface area contributed by atoms with Gasteiger partial charge in [0.25, 0.3) is 0 Å². The molecule has 1 unspecified atom stereocenters. The Bertz CT molecular complexity index is 529. The summed E-state index contributed by atoms with van der Waals surface area (Å²) in [5.74, 6) is 0. The fourth-order valence-electron chi connectivity index (χ4n) is 1.43. The van der Waals surface area contributed by atoms with Crippen LogP contribution in [0.1, 0.15) is 23.4 Å². The molecule has 1 heterocycles. The van der Waals surface area contributed by atoms with Gasteiger partial charge in [0.15, 0.2) is 0 Å². The minimum Gasteiger partial charge on any atom is -0.323 e. The normalized spacial score (nSPS) is 13.6. The van der Waals surface area contributed by atoms with Crippen molar-refractivity contribution < 1.29 is 13.2 Å². The molecular weight excluding hydrogens is 261 g/mol. The largest absolute Gasteiger partial charge is 0.416 e. The number of thiazole rings is 1. The molecule has 1 aromatic carbocycles. The fourth-order valence-corrected chi connectivity index (χ4v) is 2.31. The van der Waals surface area contributed by atoms with E-state index in [1.54, 1.807) is 6.20 Å². The molecule has 1 atom stereocenters. The highest BCUT2D eigenvalue weighted by molar-refractivity contribution is 7.15. The number of benzene rings is 1. The molecule has 0 bridgehead atoms. The highest BCUT2D eigenvalue weighted by Gasteiger charge is 2.30. The Morgan fingerprint density at radius 3 is 2.28 bits per heavy atom. The first-order valence-electron chi connectivity index (χ1n) is 5.27. The Morgan fingerprint density at radius 2 is 1.83 bits per heavy atom. The molecule has 18 heavy (non-hydrogen) atoms. The molecule has 0 saturated heterocycles. The highest BCUT2D eigenvalue weighted by Crippen LogP contribution is 2.32. The molecular formula is C12H11F3N2S. The molecule has 0 spiro atoms. The van der Waals surface area contributed by atoms with E-state index in [9.17, 15) is 13.2 Å². The summed E-state index contributed by atoms with van der Waals surface area (Å²) in [6, 6.07) is 4.84. The molecule has 2 aromatic rings. The van der Waals surface area contributed by atoms with E-state index in [1.807, 2.05) is 6.92 Å². The third-order valence-corrected chi connectivity index (χ3v) is 3.68. The van der Waals surface area contributed by atoms with Gasteiger partial charge in [-0.15, -0.1) is 11.3 Å². The summed E-state index contributed by atoms with van der Waals surface area (Å²) in [6.45, 7) is 1.84. The van der Waals surface area contributed by atoms with Crippen LogP contribution in [-0.4, -0.2) is 4.98 Å². The SMILES string of the molecule is CC(N)c1cnc(-c2ccc(C(F)(F)F)cc2)s1. The zero-order chi connectivity index (χ0) is 13.3. The molecule has 96 valence electrons. The first-order valence-corrected chi connectivity index (χ1v) is 6.08. The third kappa shape index (κ3) is 2.70. The van der Waals surface area contributed by atoms with Crippen molar-refractivity contribution in [2.24, 2.45) is 5.73 Å². The number of nitrogens with zero attached hydrogens (tertiary/aromatic N) is 1. The van der Waals surface area contributed by atoms with Gasteiger partial charge in [-0.25, -0.2) is 4.98 Å². The Balaban J connectivity index is 2.29. The van der Waals surface area contributed by atoms with Crippen LogP contribution in [-0.2, 0) is 6.18 Å². The maximum Gasteiger partial charge on any atom is 0.416 e. The molecule has 0 aliphatic heterocycles. The van der Waals surface area contributed by atoms with Crippen LogP contribution in [0.2, 0.25) is 0 Å². The van der Waals surface area contributed by atoms with Crippen molar-refractivity contribution in [3.63, 3.8) is 0 Å². The number of alkyl halides is 3. The lowest BCUT2D eigenvalue weighted by molar-refractivity contribution is -0.137. The van der Waals surface area contributed by atoms with E-state index in [4.69, 9.17) is 5.73 Å². The zero-order valence-corrected chi connectivity index (χ0v) is 10.3. The van der Waals surface area contributed by atoms with Crippen LogP contribution >= 0.6 is 11.3 Å². The van der Waals surface area contributed by atoms with Crippen molar-refractivity contribution in [1.82, 2.24) is 4.98 Å². The summed E-state index contributed by atoms with van der Waals surface area (Å²) in [5, 5.41) is 0.677. The summed E-state index contributed by atoms with van der Waals surface area (Å²) in [5.41, 5.74) is 5.72. The van der Waals surface area contributed by atoms with Crippen LogP contribution in [0.15, 0.2) is 30.5 Å². The topological polar surface area (TPSA) is 38.9 Å². The Hall–Kier alpha value is -1.40. The van der Waals surface area contributed by atoms with E-state index in [0.717, 1.165) is 17.0 Å². The molecule has 1 aromatic heterocycles. The van der Waals surface area contributed by atoms with Gasteiger partial charge in [-0.05, 0) is 19.1 Å². The van der Waals surface area contributed by atoms with E-state index in [2.05, 4.69) is 4.98 Å². The molecule has 0 radical (unpaired) electrons. The standard InChI is InChI=1S/C12H11F3N2S/c1-7(16)10-6-17-11(18-10)8-2-4-9(5-3-8)12(13,14)15/h2-7H,16H2,1H3. The second-order valence-electron chi connectivity index (χ2n) is 3.93. The van der Waals surface area contributed by atoms with Gasteiger partial charge in [0.05, 0.1) is 5.56 Å². The van der Waals surface area contributed by atoms with Crippen LogP contribution in [0.3, 0.4) is 0 Å². The summed E-state index contributed by atoms with van der Waals surface area (Å²) >= 11 is 1.39. The summed E-state index contributed by atoms with van der Waals surface area (Å²) in [4.78, 5) is 5.06. The highest BCUT2D eigenvalue weighted by atomic mass is 32.1. The lowest BCUT2D eigenvalue weighted by Gasteiger charge is -2.06. The number of hydrogen-bond acceptors (Lipinski definition) is 3. The maximum atomic E-state index is 12.4. The molecule has 0 aliphatic rings. The van der Waals surface area contributed by atoms with Crippen molar-refractivity contribution in [3.05, 3.63) is 40.9 Å². The smallest absolute Gasteiger partial charge is 0.323 e. The Kier molecular flexibility index (Phi) is 3.41. The van der Waals surface area contributed by atoms with E-state index in [0.29, 0.717) is 10.6 Å². The van der Waals surface area contributed by atoms with Crippen molar-refractivity contribution in [2.75, 3.05) is 0 Å². The molecule has 6 heteroatoms. The zero-order valence-electron chi connectivity index (χ0n) is 9.53. The van der Waals surface area contributed by atoms with E-state index in [-0.39, 0.29) is 6.04 Å². The molecule has 0 amide bonds. The van der Waals surface area contributed by atoms with Gasteiger partial charge < -0.3 is 5.73 Å². The first kappa shape index (κ1) is 13.0. The lowest BCUT2D eigenvalue weighted by atomic mass is 10.1. The van der Waals surface area contributed by atoms with Crippen LogP contribution < -0.4 is 5.73 Å². The fraction of sp³-hybridized carbons (Fsp3) is 0.250. The second-order valence-corrected chi connectivity index (χ2v) is 4.99. The van der Waals surface area contributed by atoms with Crippen molar-refractivity contribution >= 4 is 11.3 Å². The maximum absolute atomic E-state index is 12.4. The first-order chi connectivity index (χ1) is 8.38. The molecule has 2 N–H and O–H groups in total. The van der Waals surface area contributed by atoms with Gasteiger partial charge in [-0.2, -0.15) is 13.2 Å². The predicted molar refractivity (Wildman–Crippen MR) is 65.2 cm³/mol. The monoisotopic (exact) mass is 272 g/mol. The van der Waals surface area contributed by atoms with Gasteiger partial charge >= 0.3 is 6.18 Å². The number of hydrogen-bond donors (Lipinski definition) is 1. The third-order valence-electron chi connectivity index (χ3n) is 2.43. The van der Waals surface area contributed by atoms with E-state index >= 15 is 0 Å². The Morgan fingerprint density at radius 1 is 1.22 bits per heavy atom. The minimum absolute atomic E-state index is 0.120. The van der Waals surface area contributed by atoms with Gasteiger partial charge in [-0.1, -0.05) is 12.1 Å².